The van der Waals surface area contributed by atoms with E-state index in [9.17, 15) is 0 Å². The number of anilines is 2. The van der Waals surface area contributed by atoms with E-state index in [-0.39, 0.29) is 16.5 Å². The standard InChI is InChI=1S/C24H40N8.C14H22N6O.C11H20N2.CH4O.4H2/c1-8-11-19(27-5)12-9-10-13-22(28-6)32-17-24(2,3)21(23(32)29-7)16-30-18-31-20(14-25)15-26-4;1-14(9-21-4)8-20(3)12-11(14)7-17-13(19-12)18-10(5-15)6-16-2;1-4-9-13-11(2)8-6-5-7-10-12-3;1-2;;;;/h9-10,12-16,18-19,27H,8,11,17,25H2,1-7H3,(H,30,31);5-7H,8-9,15H2,1-4H3,(H,17,18,19);5-8,10-11,13H,4,9H2,1-3H3;2H,1H3;4*1H/b12-9+,13-10-,20-14+,21-16+,26-15?,28-22?,29-23?;10-5+,16-6?;7-5-,8-6+,12-10?;;;;;/t19-;14-;11-;;;;;/m000...../s1. The fourth-order valence-corrected chi connectivity index (χ4v) is 6.96. The number of nitrogens with one attached hydrogen (secondary N) is 4. The Hall–Kier alpha value is -6.08. The van der Waals surface area contributed by atoms with E-state index in [1.807, 2.05) is 56.9 Å². The van der Waals surface area contributed by atoms with E-state index in [4.69, 9.17) is 21.3 Å². The summed E-state index contributed by atoms with van der Waals surface area (Å²) >= 11 is 0. The average Bonchev–Trinajstić information content (AvgIpc) is 3.74. The second kappa shape index (κ2) is 36.0. The first-order chi connectivity index (χ1) is 32.7. The van der Waals surface area contributed by atoms with Crippen LogP contribution in [0, 0.1) is 5.41 Å². The number of likely N-dealkylation sites (N-methyl/N-ethyl adjacent to an activating group) is 2. The zero-order chi connectivity index (χ0) is 51.4. The Balaban J connectivity index is -0.000000324. The predicted octanol–water partition coefficient (Wildman–Crippen LogP) is 6.41. The number of aliphatic imine (C=N–C) groups is 6. The monoisotopic (exact) mass is 951 g/mol. The highest BCUT2D eigenvalue weighted by atomic mass is 16.5. The summed E-state index contributed by atoms with van der Waals surface area (Å²) in [5.41, 5.74) is 14.3. The Bertz CT molecular complexity index is 2010. The van der Waals surface area contributed by atoms with Crippen LogP contribution in [0.2, 0.25) is 0 Å². The number of aromatic nitrogens is 2. The highest BCUT2D eigenvalue weighted by Gasteiger charge is 2.41. The van der Waals surface area contributed by atoms with E-state index in [0.29, 0.717) is 36.0 Å². The predicted molar refractivity (Wildman–Crippen MR) is 302 cm³/mol. The SMILES string of the molecule is CCCN[C@@H](C)/C=C/C=C\C=NC.CCC[C@@H](/C=C/C=C\C(=NC)N1CC(C)(C)/C(=C/N=CN/C(C=NC)=C/N)C1=NC)NC.CN=C/C(=C\N)Nc1ncc2c(n1)N(C)C[C@@]2(C)COC.CO.[HH].[HH].[HH].[HH]. The molecule has 1 fully saturated rings. The Morgan fingerprint density at radius 1 is 0.941 bits per heavy atom. The molecule has 0 bridgehead atoms. The van der Waals surface area contributed by atoms with Crippen molar-refractivity contribution in [1.82, 2.24) is 30.8 Å². The highest BCUT2D eigenvalue weighted by Crippen LogP contribution is 2.39. The van der Waals surface area contributed by atoms with Crippen molar-refractivity contribution in [2.24, 2.45) is 46.8 Å². The molecule has 3 heterocycles. The molecule has 0 radical (unpaired) electrons. The minimum Gasteiger partial charge on any atom is -0.403 e. The van der Waals surface area contributed by atoms with Gasteiger partial charge in [0.1, 0.15) is 17.5 Å². The van der Waals surface area contributed by atoms with Gasteiger partial charge in [-0.3, -0.25) is 25.0 Å². The number of nitrogens with zero attached hydrogens (tertiary/aromatic N) is 10. The van der Waals surface area contributed by atoms with Crippen LogP contribution in [0.3, 0.4) is 0 Å². The number of amidine groups is 2. The van der Waals surface area contributed by atoms with Gasteiger partial charge in [0.2, 0.25) is 5.95 Å². The van der Waals surface area contributed by atoms with Gasteiger partial charge >= 0.3 is 0 Å². The number of nitrogens with two attached hydrogens (primary N) is 2. The Morgan fingerprint density at radius 3 is 2.19 bits per heavy atom. The molecule has 0 aromatic carbocycles. The van der Waals surface area contributed by atoms with Gasteiger partial charge in [-0.25, -0.2) is 9.98 Å². The summed E-state index contributed by atoms with van der Waals surface area (Å²) in [7, 11) is 15.4. The lowest BCUT2D eigenvalue weighted by Crippen LogP contribution is -2.33. The van der Waals surface area contributed by atoms with Crippen LogP contribution in [0.25, 0.3) is 0 Å². The van der Waals surface area contributed by atoms with Crippen molar-refractivity contribution in [1.29, 1.82) is 0 Å². The quantitative estimate of drug-likeness (QED) is 0.0402. The minimum absolute atomic E-state index is 0. The van der Waals surface area contributed by atoms with E-state index in [0.717, 1.165) is 68.2 Å². The number of fused-ring (bicyclic) bond motifs is 1. The van der Waals surface area contributed by atoms with Crippen LogP contribution < -0.4 is 37.6 Å². The molecule has 18 nitrogen and oxygen atoms in total. The van der Waals surface area contributed by atoms with Gasteiger partial charge in [0, 0.05) is 153 Å². The summed E-state index contributed by atoms with van der Waals surface area (Å²) in [6.45, 7) is 16.4. The van der Waals surface area contributed by atoms with Crippen LogP contribution in [0.15, 0.2) is 120 Å². The molecular weight excluding hydrogens is 857 g/mol. The molecular formula is C50H94N16O2. The number of rotatable bonds is 21. The van der Waals surface area contributed by atoms with Gasteiger partial charge in [0.25, 0.3) is 0 Å². The van der Waals surface area contributed by atoms with Crippen LogP contribution in [0.4, 0.5) is 11.8 Å². The third-order valence-corrected chi connectivity index (χ3v) is 10.2. The maximum Gasteiger partial charge on any atom is 0.229 e. The van der Waals surface area contributed by atoms with Crippen LogP contribution in [0.1, 0.15) is 72.1 Å². The van der Waals surface area contributed by atoms with Crippen molar-refractivity contribution in [2.75, 3.05) is 100 Å². The van der Waals surface area contributed by atoms with Crippen LogP contribution in [0.5, 0.6) is 0 Å². The molecule has 0 unspecified atom stereocenters. The number of aliphatic hydroxyl groups excluding tert-OH is 1. The lowest BCUT2D eigenvalue weighted by molar-refractivity contribution is 0.145. The molecule has 0 spiro atoms. The number of allylic oxidation sites excluding steroid dienone is 7. The largest absolute Gasteiger partial charge is 0.403 e. The maximum absolute atomic E-state index is 7.00. The molecule has 9 N–H and O–H groups in total. The summed E-state index contributed by atoms with van der Waals surface area (Å²) in [6, 6.07) is 0.826. The van der Waals surface area contributed by atoms with Crippen LogP contribution >= 0.6 is 0 Å². The van der Waals surface area contributed by atoms with Gasteiger partial charge in [-0.1, -0.05) is 77.5 Å². The van der Waals surface area contributed by atoms with Gasteiger partial charge < -0.3 is 52.4 Å². The zero-order valence-electron chi connectivity index (χ0n) is 43.8. The molecule has 3 atom stereocenters. The molecule has 0 amide bonds. The number of hydrogen-bond acceptors (Lipinski definition) is 16. The second-order valence-corrected chi connectivity index (χ2v) is 16.3. The summed E-state index contributed by atoms with van der Waals surface area (Å²) in [5.74, 6) is 3.14. The third kappa shape index (κ3) is 22.1. The van der Waals surface area contributed by atoms with Crippen molar-refractivity contribution in [3.8, 4) is 0 Å². The van der Waals surface area contributed by atoms with Gasteiger partial charge in [0.15, 0.2) is 0 Å². The summed E-state index contributed by atoms with van der Waals surface area (Å²) < 4.78 is 5.34. The number of hydrogen-bond donors (Lipinski definition) is 7. The Labute approximate surface area is 414 Å². The number of aliphatic hydroxyl groups is 1. The van der Waals surface area contributed by atoms with Crippen LogP contribution in [-0.4, -0.2) is 159 Å². The fourth-order valence-electron chi connectivity index (χ4n) is 6.96. The molecule has 2 aliphatic rings. The normalized spacial score (nSPS) is 19.8. The third-order valence-electron chi connectivity index (χ3n) is 10.2. The molecule has 0 aliphatic carbocycles. The fraction of sp³-hybridized carbons (Fsp3) is 0.520. The van der Waals surface area contributed by atoms with E-state index >= 15 is 0 Å². The number of methoxy groups -OCH3 is 1. The highest BCUT2D eigenvalue weighted by molar-refractivity contribution is 6.14. The Morgan fingerprint density at radius 2 is 1.62 bits per heavy atom. The smallest absolute Gasteiger partial charge is 0.229 e. The van der Waals surface area contributed by atoms with Gasteiger partial charge in [0.05, 0.1) is 24.3 Å². The molecule has 68 heavy (non-hydrogen) atoms. The lowest BCUT2D eigenvalue weighted by atomic mass is 9.87. The lowest BCUT2D eigenvalue weighted by Gasteiger charge is -2.23. The van der Waals surface area contributed by atoms with Gasteiger partial charge in [-0.05, 0) is 45.5 Å². The van der Waals surface area contributed by atoms with Crippen molar-refractivity contribution < 1.29 is 15.5 Å². The second-order valence-electron chi connectivity index (χ2n) is 16.3. The van der Waals surface area contributed by atoms with E-state index < -0.39 is 0 Å². The van der Waals surface area contributed by atoms with E-state index in [1.165, 1.54) is 18.8 Å². The van der Waals surface area contributed by atoms with E-state index in [2.05, 4.69) is 131 Å². The summed E-state index contributed by atoms with van der Waals surface area (Å²) in [6.07, 6.45) is 33.0. The first-order valence-corrected chi connectivity index (χ1v) is 22.9. The van der Waals surface area contributed by atoms with Crippen molar-refractivity contribution in [2.45, 2.75) is 78.3 Å². The molecule has 1 aromatic heterocycles. The first-order valence-electron chi connectivity index (χ1n) is 22.9. The summed E-state index contributed by atoms with van der Waals surface area (Å²) in [5, 5.41) is 19.7. The number of likely N-dealkylation sites (tertiary alicyclic amines) is 1. The van der Waals surface area contributed by atoms with Crippen molar-refractivity contribution in [3.05, 3.63) is 95.9 Å². The minimum atomic E-state index is -0.137. The molecule has 2 aliphatic heterocycles. The van der Waals surface area contributed by atoms with Gasteiger partial charge in [-0.2, -0.15) is 4.98 Å². The first kappa shape index (κ1) is 61.9. The van der Waals surface area contributed by atoms with Crippen molar-refractivity contribution in [3.63, 3.8) is 0 Å². The number of ether oxygens (including phenoxy) is 1. The summed E-state index contributed by atoms with van der Waals surface area (Å²) in [4.78, 5) is 38.4. The molecule has 3 rings (SSSR count). The van der Waals surface area contributed by atoms with Crippen LogP contribution in [-0.2, 0) is 10.2 Å². The zero-order valence-corrected chi connectivity index (χ0v) is 43.8. The van der Waals surface area contributed by atoms with E-state index in [1.54, 1.807) is 67.3 Å². The molecule has 18 heteroatoms. The molecule has 1 aromatic rings. The molecule has 0 saturated carbocycles. The molecule has 1 saturated heterocycles. The maximum atomic E-state index is 7.00. The Kier molecular flexibility index (Phi) is 32.8. The molecule has 386 valence electrons. The average molecular weight is 951 g/mol. The topological polar surface area (TPSA) is 236 Å². The van der Waals surface area contributed by atoms with Gasteiger partial charge in [-0.15, -0.1) is 0 Å². The van der Waals surface area contributed by atoms with Crippen molar-refractivity contribution >= 4 is 48.4 Å².